The Hall–Kier alpha value is -2.47. The minimum absolute atomic E-state index is 0.0156. The fourth-order valence-corrected chi connectivity index (χ4v) is 1.75. The Morgan fingerprint density at radius 1 is 1.37 bits per heavy atom. The molecule has 1 heterocycles. The molecule has 0 aliphatic heterocycles. The number of aromatic nitrogens is 2. The van der Waals surface area contributed by atoms with Crippen LogP contribution >= 0.6 is 0 Å². The number of rotatable bonds is 3. The Kier molecular flexibility index (Phi) is 3.72. The molecular formula is C13H14N4O2. The number of hydrogen-bond acceptors (Lipinski definition) is 4. The van der Waals surface area contributed by atoms with Crippen molar-refractivity contribution >= 4 is 5.91 Å². The summed E-state index contributed by atoms with van der Waals surface area (Å²) in [6.07, 6.45) is 0. The van der Waals surface area contributed by atoms with Crippen LogP contribution in [0.4, 0.5) is 0 Å². The lowest BCUT2D eigenvalue weighted by molar-refractivity contribution is 0.0951. The molecular weight excluding hydrogens is 244 g/mol. The van der Waals surface area contributed by atoms with E-state index in [-0.39, 0.29) is 5.56 Å². The summed E-state index contributed by atoms with van der Waals surface area (Å²) in [4.78, 5) is 23.6. The number of nitrogen functional groups attached to an aromatic ring is 1. The highest BCUT2D eigenvalue weighted by atomic mass is 16.2. The van der Waals surface area contributed by atoms with Crippen molar-refractivity contribution in [2.24, 2.45) is 5.84 Å². The first kappa shape index (κ1) is 13.0. The van der Waals surface area contributed by atoms with Gasteiger partial charge in [-0.1, -0.05) is 30.3 Å². The second-order valence-electron chi connectivity index (χ2n) is 3.90. The lowest BCUT2D eigenvalue weighted by Gasteiger charge is -2.08. The minimum atomic E-state index is -0.619. The molecule has 0 aliphatic rings. The van der Waals surface area contributed by atoms with Gasteiger partial charge < -0.3 is 0 Å². The molecule has 0 bridgehead atoms. The van der Waals surface area contributed by atoms with Crippen LogP contribution in [0.3, 0.4) is 0 Å². The summed E-state index contributed by atoms with van der Waals surface area (Å²) in [5.41, 5.74) is 2.89. The van der Waals surface area contributed by atoms with Crippen molar-refractivity contribution in [1.29, 1.82) is 0 Å². The number of nitrogens with two attached hydrogens (primary N) is 1. The normalized spacial score (nSPS) is 10.2. The lowest BCUT2D eigenvalue weighted by atomic mass is 10.1. The highest BCUT2D eigenvalue weighted by Crippen LogP contribution is 2.15. The van der Waals surface area contributed by atoms with E-state index in [0.29, 0.717) is 12.2 Å². The van der Waals surface area contributed by atoms with E-state index >= 15 is 0 Å². The number of nitrogens with one attached hydrogen (secondary N) is 1. The van der Waals surface area contributed by atoms with Crippen molar-refractivity contribution < 1.29 is 4.79 Å². The van der Waals surface area contributed by atoms with E-state index in [4.69, 9.17) is 5.84 Å². The molecule has 0 atom stereocenters. The van der Waals surface area contributed by atoms with Crippen LogP contribution in [-0.2, 0) is 6.54 Å². The number of nitrogens with zero attached hydrogens (tertiary/aromatic N) is 2. The zero-order valence-corrected chi connectivity index (χ0v) is 10.5. The average Bonchev–Trinajstić information content (AvgIpc) is 2.47. The highest BCUT2D eigenvalue weighted by Gasteiger charge is 2.14. The SMILES string of the molecule is CCn1nc(-c2ccccc2)cc(C(=O)NN)c1=O. The van der Waals surface area contributed by atoms with Crippen LogP contribution in [0, 0.1) is 0 Å². The molecule has 1 amide bonds. The first-order valence-electron chi connectivity index (χ1n) is 5.86. The fourth-order valence-electron chi connectivity index (χ4n) is 1.75. The van der Waals surface area contributed by atoms with E-state index in [1.54, 1.807) is 6.92 Å². The van der Waals surface area contributed by atoms with E-state index in [1.807, 2.05) is 35.8 Å². The van der Waals surface area contributed by atoms with Gasteiger partial charge in [-0.05, 0) is 13.0 Å². The molecule has 3 N–H and O–H groups in total. The molecule has 0 radical (unpaired) electrons. The molecule has 0 unspecified atom stereocenters. The minimum Gasteiger partial charge on any atom is -0.290 e. The van der Waals surface area contributed by atoms with Crippen LogP contribution in [0.5, 0.6) is 0 Å². The fraction of sp³-hybridized carbons (Fsp3) is 0.154. The molecule has 0 aliphatic carbocycles. The molecule has 0 saturated carbocycles. The molecule has 2 aromatic rings. The Bertz CT molecular complexity index is 649. The maximum atomic E-state index is 12.0. The van der Waals surface area contributed by atoms with Gasteiger partial charge in [-0.3, -0.25) is 15.0 Å². The lowest BCUT2D eigenvalue weighted by Crippen LogP contribution is -2.37. The number of amides is 1. The van der Waals surface area contributed by atoms with Crippen molar-refractivity contribution in [3.05, 3.63) is 52.3 Å². The van der Waals surface area contributed by atoms with Gasteiger partial charge in [0.15, 0.2) is 0 Å². The molecule has 6 heteroatoms. The highest BCUT2D eigenvalue weighted by molar-refractivity contribution is 5.94. The Labute approximate surface area is 109 Å². The van der Waals surface area contributed by atoms with E-state index in [0.717, 1.165) is 5.56 Å². The van der Waals surface area contributed by atoms with E-state index in [2.05, 4.69) is 5.10 Å². The van der Waals surface area contributed by atoms with E-state index in [1.165, 1.54) is 10.7 Å². The smallest absolute Gasteiger partial charge is 0.279 e. The Morgan fingerprint density at radius 3 is 2.63 bits per heavy atom. The number of hydrazine groups is 1. The van der Waals surface area contributed by atoms with Crippen molar-refractivity contribution in [1.82, 2.24) is 15.2 Å². The molecule has 6 nitrogen and oxygen atoms in total. The standard InChI is InChI=1S/C13H14N4O2/c1-2-17-13(19)10(12(18)15-14)8-11(16-17)9-6-4-3-5-7-9/h3-8H,2,14H2,1H3,(H,15,18). The van der Waals surface area contributed by atoms with Gasteiger partial charge in [0.2, 0.25) is 0 Å². The third-order valence-corrected chi connectivity index (χ3v) is 2.72. The van der Waals surface area contributed by atoms with Crippen molar-refractivity contribution in [2.45, 2.75) is 13.5 Å². The number of carbonyl (C=O) groups is 1. The molecule has 2 rings (SSSR count). The molecule has 1 aromatic heterocycles. The predicted molar refractivity (Wildman–Crippen MR) is 71.3 cm³/mol. The van der Waals surface area contributed by atoms with Crippen LogP contribution in [0.25, 0.3) is 11.3 Å². The monoisotopic (exact) mass is 258 g/mol. The van der Waals surface area contributed by atoms with Crippen LogP contribution in [0.2, 0.25) is 0 Å². The van der Waals surface area contributed by atoms with Crippen LogP contribution in [0.1, 0.15) is 17.3 Å². The summed E-state index contributed by atoms with van der Waals surface area (Å²) < 4.78 is 1.24. The summed E-state index contributed by atoms with van der Waals surface area (Å²) >= 11 is 0. The van der Waals surface area contributed by atoms with Gasteiger partial charge in [0.1, 0.15) is 5.56 Å². The maximum absolute atomic E-state index is 12.0. The third kappa shape index (κ3) is 2.53. The first-order chi connectivity index (χ1) is 9.17. The van der Waals surface area contributed by atoms with E-state index in [9.17, 15) is 9.59 Å². The summed E-state index contributed by atoms with van der Waals surface area (Å²) in [6.45, 7) is 2.16. The topological polar surface area (TPSA) is 90.0 Å². The Morgan fingerprint density at radius 2 is 2.05 bits per heavy atom. The van der Waals surface area contributed by atoms with Crippen LogP contribution in [0.15, 0.2) is 41.2 Å². The second kappa shape index (κ2) is 5.45. The molecule has 98 valence electrons. The third-order valence-electron chi connectivity index (χ3n) is 2.72. The first-order valence-corrected chi connectivity index (χ1v) is 5.86. The maximum Gasteiger partial charge on any atom is 0.279 e. The zero-order chi connectivity index (χ0) is 13.8. The second-order valence-corrected chi connectivity index (χ2v) is 3.90. The molecule has 1 aromatic carbocycles. The molecule has 0 spiro atoms. The number of hydrogen-bond donors (Lipinski definition) is 2. The summed E-state index contributed by atoms with van der Waals surface area (Å²) in [6, 6.07) is 10.8. The average molecular weight is 258 g/mol. The molecule has 19 heavy (non-hydrogen) atoms. The quantitative estimate of drug-likeness (QED) is 0.477. The largest absolute Gasteiger partial charge is 0.290 e. The van der Waals surface area contributed by atoms with Gasteiger partial charge in [0.05, 0.1) is 5.69 Å². The van der Waals surface area contributed by atoms with Crippen LogP contribution in [-0.4, -0.2) is 15.7 Å². The number of benzene rings is 1. The zero-order valence-electron chi connectivity index (χ0n) is 10.5. The van der Waals surface area contributed by atoms with Crippen molar-refractivity contribution in [3.8, 4) is 11.3 Å². The summed E-state index contributed by atoms with van der Waals surface area (Å²) in [5.74, 6) is 4.47. The number of carbonyl (C=O) groups excluding carboxylic acids is 1. The van der Waals surface area contributed by atoms with Gasteiger partial charge in [-0.2, -0.15) is 5.10 Å². The number of aryl methyl sites for hydroxylation is 1. The summed E-state index contributed by atoms with van der Waals surface area (Å²) in [5, 5.41) is 4.22. The van der Waals surface area contributed by atoms with Gasteiger partial charge in [-0.15, -0.1) is 0 Å². The summed E-state index contributed by atoms with van der Waals surface area (Å²) in [7, 11) is 0. The van der Waals surface area contributed by atoms with Gasteiger partial charge >= 0.3 is 0 Å². The van der Waals surface area contributed by atoms with Gasteiger partial charge in [0.25, 0.3) is 11.5 Å². The predicted octanol–water partition coefficient (Wildman–Crippen LogP) is 0.534. The molecule has 0 fully saturated rings. The van der Waals surface area contributed by atoms with Crippen LogP contribution < -0.4 is 16.8 Å². The van der Waals surface area contributed by atoms with Gasteiger partial charge in [-0.25, -0.2) is 10.5 Å². The van der Waals surface area contributed by atoms with Gasteiger partial charge in [0, 0.05) is 12.1 Å². The Balaban J connectivity index is 2.64. The van der Waals surface area contributed by atoms with E-state index < -0.39 is 11.5 Å². The van der Waals surface area contributed by atoms with Crippen molar-refractivity contribution in [3.63, 3.8) is 0 Å². The molecule has 0 saturated heterocycles. The van der Waals surface area contributed by atoms with Crippen molar-refractivity contribution in [2.75, 3.05) is 0 Å².